The maximum Gasteiger partial charge on any atom is 0.228 e. The number of aliphatic hydroxyl groups excluding tert-OH is 1. The van der Waals surface area contributed by atoms with Crippen LogP contribution in [0.4, 0.5) is 0 Å². The van der Waals surface area contributed by atoms with Crippen LogP contribution in [0.1, 0.15) is 6.42 Å². The zero-order valence-electron chi connectivity index (χ0n) is 7.10. The highest BCUT2D eigenvalue weighted by Gasteiger charge is 2.57. The Bertz CT molecular complexity index is 320. The second-order valence-corrected chi connectivity index (χ2v) is 3.66. The van der Waals surface area contributed by atoms with E-state index in [2.05, 4.69) is 0 Å². The lowest BCUT2D eigenvalue weighted by atomic mass is 9.95. The van der Waals surface area contributed by atoms with Crippen molar-refractivity contribution in [3.05, 3.63) is 23.8 Å². The highest BCUT2D eigenvalue weighted by molar-refractivity contribution is 5.87. The monoisotopic (exact) mass is 180 g/mol. The number of primary amides is 1. The maximum atomic E-state index is 11.0. The molecule has 1 amide bonds. The van der Waals surface area contributed by atoms with Gasteiger partial charge in [-0.3, -0.25) is 4.79 Å². The zero-order valence-corrected chi connectivity index (χ0v) is 7.10. The molecule has 0 saturated heterocycles. The van der Waals surface area contributed by atoms with E-state index in [4.69, 9.17) is 16.6 Å². The number of hydrogen-bond acceptors (Lipinski definition) is 3. The van der Waals surface area contributed by atoms with Gasteiger partial charge in [-0.2, -0.15) is 0 Å². The third kappa shape index (κ3) is 1.10. The number of nitrogens with two attached hydrogens (primary N) is 2. The zero-order chi connectivity index (χ0) is 9.64. The van der Waals surface area contributed by atoms with Crippen molar-refractivity contribution in [2.24, 2.45) is 22.8 Å². The topological polar surface area (TPSA) is 89.3 Å². The maximum absolute atomic E-state index is 11.0. The molecule has 2 rings (SSSR count). The molecule has 3 unspecified atom stereocenters. The lowest BCUT2D eigenvalue weighted by molar-refractivity contribution is -0.121. The van der Waals surface area contributed by atoms with Gasteiger partial charge in [-0.05, 0) is 17.9 Å². The summed E-state index contributed by atoms with van der Waals surface area (Å²) in [6, 6.07) is 0. The third-order valence-corrected chi connectivity index (χ3v) is 2.83. The summed E-state index contributed by atoms with van der Waals surface area (Å²) in [6.45, 7) is 0. The van der Waals surface area contributed by atoms with Gasteiger partial charge in [-0.15, -0.1) is 0 Å². The van der Waals surface area contributed by atoms with E-state index < -0.39 is 11.6 Å². The van der Waals surface area contributed by atoms with Gasteiger partial charge in [0.05, 0.1) is 5.41 Å². The van der Waals surface area contributed by atoms with Crippen LogP contribution < -0.4 is 11.5 Å². The number of aliphatic hydroxyl groups is 1. The molecule has 0 aromatic rings. The predicted molar refractivity (Wildman–Crippen MR) is 47.2 cm³/mol. The molecule has 0 bridgehead atoms. The lowest BCUT2D eigenvalue weighted by Crippen LogP contribution is -2.28. The number of allylic oxidation sites excluding steroid dienone is 1. The molecule has 0 aliphatic heterocycles. The van der Waals surface area contributed by atoms with E-state index in [1.807, 2.05) is 6.08 Å². The van der Waals surface area contributed by atoms with Crippen molar-refractivity contribution in [2.45, 2.75) is 12.6 Å². The Morgan fingerprint density at radius 2 is 2.46 bits per heavy atom. The van der Waals surface area contributed by atoms with Crippen LogP contribution in [0.3, 0.4) is 0 Å². The predicted octanol–water partition coefficient (Wildman–Crippen LogP) is -0.749. The molecule has 4 heteroatoms. The minimum absolute atomic E-state index is 0.142. The van der Waals surface area contributed by atoms with Crippen molar-refractivity contribution in [3.63, 3.8) is 0 Å². The summed E-state index contributed by atoms with van der Waals surface area (Å²) in [4.78, 5) is 11.0. The second-order valence-electron chi connectivity index (χ2n) is 3.66. The van der Waals surface area contributed by atoms with E-state index >= 15 is 0 Å². The van der Waals surface area contributed by atoms with Crippen LogP contribution in [0, 0.1) is 11.3 Å². The molecular formula is C9H12N2O2. The van der Waals surface area contributed by atoms with Crippen molar-refractivity contribution in [3.8, 4) is 0 Å². The average Bonchev–Trinajstić information content (AvgIpc) is 2.77. The third-order valence-electron chi connectivity index (χ3n) is 2.83. The van der Waals surface area contributed by atoms with Gasteiger partial charge in [0.25, 0.3) is 0 Å². The fourth-order valence-corrected chi connectivity index (χ4v) is 1.80. The lowest BCUT2D eigenvalue weighted by Gasteiger charge is -2.14. The standard InChI is InChI=1S/C9H12N2O2/c10-7(12)5-1-2-9(8(11)13)4-6(9)3-5/h1-3,6-7,12H,4,10H2,(H2,11,13). The Labute approximate surface area is 75.9 Å². The van der Waals surface area contributed by atoms with Gasteiger partial charge in [0.1, 0.15) is 6.23 Å². The Balaban J connectivity index is 2.21. The first-order chi connectivity index (χ1) is 6.06. The van der Waals surface area contributed by atoms with Gasteiger partial charge >= 0.3 is 0 Å². The fraction of sp³-hybridized carbons (Fsp3) is 0.444. The molecule has 1 saturated carbocycles. The van der Waals surface area contributed by atoms with Gasteiger partial charge in [0, 0.05) is 0 Å². The molecule has 5 N–H and O–H groups in total. The fourth-order valence-electron chi connectivity index (χ4n) is 1.80. The van der Waals surface area contributed by atoms with Crippen molar-refractivity contribution < 1.29 is 9.90 Å². The molecular weight excluding hydrogens is 168 g/mol. The number of amides is 1. The van der Waals surface area contributed by atoms with Crippen LogP contribution in [0.5, 0.6) is 0 Å². The average molecular weight is 180 g/mol. The number of fused-ring (bicyclic) bond motifs is 1. The van der Waals surface area contributed by atoms with Crippen molar-refractivity contribution in [2.75, 3.05) is 0 Å². The summed E-state index contributed by atoms with van der Waals surface area (Å²) in [5, 5.41) is 9.08. The van der Waals surface area contributed by atoms with Gasteiger partial charge in [-0.1, -0.05) is 18.2 Å². The molecule has 0 heterocycles. The molecule has 0 radical (unpaired) electrons. The van der Waals surface area contributed by atoms with Crippen molar-refractivity contribution in [1.29, 1.82) is 0 Å². The molecule has 4 nitrogen and oxygen atoms in total. The molecule has 0 spiro atoms. The summed E-state index contributed by atoms with van der Waals surface area (Å²) < 4.78 is 0. The smallest absolute Gasteiger partial charge is 0.228 e. The molecule has 3 atom stereocenters. The summed E-state index contributed by atoms with van der Waals surface area (Å²) in [5.74, 6) is -0.154. The van der Waals surface area contributed by atoms with Crippen LogP contribution in [0.25, 0.3) is 0 Å². The number of rotatable bonds is 2. The first kappa shape index (κ1) is 8.47. The van der Waals surface area contributed by atoms with Crippen LogP contribution >= 0.6 is 0 Å². The van der Waals surface area contributed by atoms with Crippen molar-refractivity contribution in [1.82, 2.24) is 0 Å². The van der Waals surface area contributed by atoms with Crippen LogP contribution in [-0.4, -0.2) is 17.2 Å². The number of carbonyl (C=O) groups is 1. The highest BCUT2D eigenvalue weighted by atomic mass is 16.3. The Kier molecular flexibility index (Phi) is 1.58. The largest absolute Gasteiger partial charge is 0.375 e. The van der Waals surface area contributed by atoms with E-state index in [-0.39, 0.29) is 11.8 Å². The first-order valence-electron chi connectivity index (χ1n) is 4.21. The molecule has 70 valence electrons. The first-order valence-corrected chi connectivity index (χ1v) is 4.21. The van der Waals surface area contributed by atoms with Crippen LogP contribution in [0.2, 0.25) is 0 Å². The minimum Gasteiger partial charge on any atom is -0.375 e. The van der Waals surface area contributed by atoms with Gasteiger partial charge in [0.2, 0.25) is 5.91 Å². The summed E-state index contributed by atoms with van der Waals surface area (Å²) in [7, 11) is 0. The number of carbonyl (C=O) groups excluding carboxylic acids is 1. The van der Waals surface area contributed by atoms with E-state index in [0.717, 1.165) is 6.42 Å². The van der Waals surface area contributed by atoms with Crippen LogP contribution in [0.15, 0.2) is 23.8 Å². The van der Waals surface area contributed by atoms with Gasteiger partial charge in [-0.25, -0.2) is 0 Å². The Hall–Kier alpha value is -1.13. The van der Waals surface area contributed by atoms with Crippen LogP contribution in [-0.2, 0) is 4.79 Å². The van der Waals surface area contributed by atoms with E-state index in [1.54, 1.807) is 12.2 Å². The van der Waals surface area contributed by atoms with Crippen molar-refractivity contribution >= 4 is 5.91 Å². The second kappa shape index (κ2) is 2.43. The minimum atomic E-state index is -0.956. The summed E-state index contributed by atoms with van der Waals surface area (Å²) in [5.41, 5.74) is 10.7. The molecule has 2 aliphatic rings. The molecule has 0 aromatic carbocycles. The van der Waals surface area contributed by atoms with Gasteiger partial charge < -0.3 is 16.6 Å². The quantitative estimate of drug-likeness (QED) is 0.488. The Morgan fingerprint density at radius 1 is 1.77 bits per heavy atom. The number of hydrogen-bond donors (Lipinski definition) is 3. The normalized spacial score (nSPS) is 37.7. The van der Waals surface area contributed by atoms with E-state index in [0.29, 0.717) is 5.57 Å². The molecule has 0 aromatic heterocycles. The van der Waals surface area contributed by atoms with E-state index in [1.165, 1.54) is 0 Å². The molecule has 2 aliphatic carbocycles. The van der Waals surface area contributed by atoms with E-state index in [9.17, 15) is 4.79 Å². The molecule has 1 fully saturated rings. The summed E-state index contributed by atoms with van der Waals surface area (Å²) in [6.07, 6.45) is 5.05. The molecule has 13 heavy (non-hydrogen) atoms. The Morgan fingerprint density at radius 3 is 2.92 bits per heavy atom. The van der Waals surface area contributed by atoms with Gasteiger partial charge in [0.15, 0.2) is 0 Å². The summed E-state index contributed by atoms with van der Waals surface area (Å²) >= 11 is 0. The highest BCUT2D eigenvalue weighted by Crippen LogP contribution is 2.56. The SMILES string of the molecule is NC(=O)C12C=CC(C(N)O)=CC1C2.